The lowest BCUT2D eigenvalue weighted by atomic mass is 10.1. The van der Waals surface area contributed by atoms with Crippen LogP contribution in [-0.2, 0) is 29.0 Å². The van der Waals surface area contributed by atoms with E-state index in [1.165, 1.54) is 7.11 Å². The van der Waals surface area contributed by atoms with Crippen molar-refractivity contribution >= 4 is 33.7 Å². The van der Waals surface area contributed by atoms with Gasteiger partial charge in [-0.2, -0.15) is 0 Å². The monoisotopic (exact) mass is 419 g/mol. The minimum Gasteiger partial charge on any atom is -0.465 e. The highest BCUT2D eigenvalue weighted by Crippen LogP contribution is 2.30. The van der Waals surface area contributed by atoms with E-state index in [4.69, 9.17) is 25.9 Å². The maximum Gasteiger partial charge on any atom is 0.337 e. The third kappa shape index (κ3) is 3.95. The highest BCUT2D eigenvalue weighted by Gasteiger charge is 2.19. The van der Waals surface area contributed by atoms with E-state index in [0.717, 1.165) is 27.9 Å². The minimum absolute atomic E-state index is 0.320. The van der Waals surface area contributed by atoms with Crippen LogP contribution in [0.5, 0.6) is 0 Å². The van der Waals surface area contributed by atoms with E-state index in [-0.39, 0.29) is 0 Å². The Morgan fingerprint density at radius 3 is 2.48 bits per heavy atom. The van der Waals surface area contributed by atoms with Gasteiger partial charge in [0.1, 0.15) is 11.3 Å². The predicted molar refractivity (Wildman–Crippen MR) is 120 cm³/mol. The number of aromatic nitrogens is 3. The summed E-state index contributed by atoms with van der Waals surface area (Å²) in [7, 11) is 3.02. The highest BCUT2D eigenvalue weighted by molar-refractivity contribution is 6.08. The molecule has 2 heterocycles. The molecule has 2 aromatic heterocycles. The van der Waals surface area contributed by atoms with Crippen LogP contribution in [0.25, 0.3) is 21.9 Å². The zero-order chi connectivity index (χ0) is 22.0. The van der Waals surface area contributed by atoms with E-state index in [2.05, 4.69) is 21.7 Å². The molecule has 2 aromatic carbocycles. The summed E-state index contributed by atoms with van der Waals surface area (Å²) in [6.45, 7) is 1.65. The van der Waals surface area contributed by atoms with Crippen LogP contribution in [0.1, 0.15) is 27.3 Å². The maximum absolute atomic E-state index is 12.0. The molecule has 4 rings (SSSR count). The summed E-state index contributed by atoms with van der Waals surface area (Å²) in [6, 6.07) is 13.5. The van der Waals surface area contributed by atoms with E-state index in [0.29, 0.717) is 48.5 Å². The van der Waals surface area contributed by atoms with Crippen molar-refractivity contribution in [3.8, 4) is 0 Å². The van der Waals surface area contributed by atoms with Crippen molar-refractivity contribution in [1.82, 2.24) is 14.5 Å². The smallest absolute Gasteiger partial charge is 0.337 e. The normalized spacial score (nSPS) is 11.3. The average Bonchev–Trinajstić information content (AvgIpc) is 3.16. The Kier molecular flexibility index (Phi) is 5.83. The number of rotatable bonds is 7. The van der Waals surface area contributed by atoms with Crippen molar-refractivity contribution < 1.29 is 14.3 Å². The number of nitrogen functional groups attached to an aromatic ring is 1. The molecule has 0 spiro atoms. The largest absolute Gasteiger partial charge is 0.465 e. The molecular formula is C23H25N5O3. The molecular weight excluding hydrogens is 394 g/mol. The Labute approximate surface area is 179 Å². The molecule has 31 heavy (non-hydrogen) atoms. The van der Waals surface area contributed by atoms with Gasteiger partial charge in [-0.05, 0) is 29.3 Å². The highest BCUT2D eigenvalue weighted by atomic mass is 16.5. The van der Waals surface area contributed by atoms with Crippen molar-refractivity contribution in [2.24, 2.45) is 5.73 Å². The van der Waals surface area contributed by atoms with Crippen molar-refractivity contribution in [3.63, 3.8) is 0 Å². The average molecular weight is 419 g/mol. The van der Waals surface area contributed by atoms with Gasteiger partial charge < -0.3 is 25.5 Å². The Bertz CT molecular complexity index is 1250. The van der Waals surface area contributed by atoms with Gasteiger partial charge in [0.2, 0.25) is 0 Å². The summed E-state index contributed by atoms with van der Waals surface area (Å²) in [4.78, 5) is 21.2. The second-order valence-corrected chi connectivity index (χ2v) is 7.30. The second-order valence-electron chi connectivity index (χ2n) is 7.30. The van der Waals surface area contributed by atoms with Crippen LogP contribution in [-0.4, -0.2) is 41.3 Å². The third-order valence-corrected chi connectivity index (χ3v) is 5.33. The van der Waals surface area contributed by atoms with E-state index in [9.17, 15) is 4.79 Å². The number of carbonyl (C=O) groups excluding carboxylic acids is 1. The van der Waals surface area contributed by atoms with Gasteiger partial charge >= 0.3 is 5.97 Å². The van der Waals surface area contributed by atoms with Gasteiger partial charge in [0.05, 0.1) is 30.3 Å². The van der Waals surface area contributed by atoms with Crippen LogP contribution in [0.2, 0.25) is 0 Å². The first-order chi connectivity index (χ1) is 15.0. The number of ether oxygens (including phenoxy) is 2. The van der Waals surface area contributed by atoms with Gasteiger partial charge in [0.25, 0.3) is 0 Å². The van der Waals surface area contributed by atoms with E-state index < -0.39 is 5.97 Å². The number of carbonyl (C=O) groups is 1. The number of esters is 1. The molecule has 8 heteroatoms. The summed E-state index contributed by atoms with van der Waals surface area (Å²) in [5.74, 6) is 0.759. The second kappa shape index (κ2) is 8.71. The number of hydrogen-bond acceptors (Lipinski definition) is 7. The van der Waals surface area contributed by atoms with Crippen molar-refractivity contribution in [3.05, 3.63) is 65.0 Å². The molecule has 0 saturated carbocycles. The molecule has 0 radical (unpaired) electrons. The molecule has 0 bridgehead atoms. The van der Waals surface area contributed by atoms with Crippen LogP contribution < -0.4 is 11.5 Å². The lowest BCUT2D eigenvalue weighted by Gasteiger charge is -2.12. The minimum atomic E-state index is -0.420. The summed E-state index contributed by atoms with van der Waals surface area (Å²) in [6.07, 6.45) is 0.632. The molecule has 0 fully saturated rings. The number of imidazole rings is 1. The first-order valence-electron chi connectivity index (χ1n) is 9.99. The number of hydrogen-bond donors (Lipinski definition) is 2. The van der Waals surface area contributed by atoms with E-state index in [1.807, 2.05) is 18.2 Å². The third-order valence-electron chi connectivity index (χ3n) is 5.33. The van der Waals surface area contributed by atoms with Gasteiger partial charge in [-0.25, -0.2) is 14.8 Å². The fourth-order valence-electron chi connectivity index (χ4n) is 3.72. The molecule has 4 N–H and O–H groups in total. The number of methoxy groups -OCH3 is 2. The Morgan fingerprint density at radius 1 is 1.06 bits per heavy atom. The Morgan fingerprint density at radius 2 is 1.81 bits per heavy atom. The molecule has 0 aliphatic rings. The van der Waals surface area contributed by atoms with Crippen molar-refractivity contribution in [2.75, 3.05) is 26.6 Å². The SMILES string of the molecule is COCCc1nc2c(N)nc3cc(C(=O)OC)ccc3c2n1Cc1ccc(CN)cc1. The molecule has 0 aliphatic carbocycles. The van der Waals surface area contributed by atoms with Gasteiger partial charge in [0, 0.05) is 32.0 Å². The number of nitrogens with zero attached hydrogens (tertiary/aromatic N) is 3. The summed E-state index contributed by atoms with van der Waals surface area (Å²) in [5, 5.41) is 0.867. The Hall–Kier alpha value is -3.49. The molecule has 0 unspecified atom stereocenters. The molecule has 0 atom stereocenters. The lowest BCUT2D eigenvalue weighted by Crippen LogP contribution is -2.08. The zero-order valence-corrected chi connectivity index (χ0v) is 17.6. The van der Waals surface area contributed by atoms with E-state index >= 15 is 0 Å². The molecule has 4 aromatic rings. The molecule has 160 valence electrons. The van der Waals surface area contributed by atoms with Crippen LogP contribution in [0, 0.1) is 0 Å². The molecule has 0 saturated heterocycles. The zero-order valence-electron chi connectivity index (χ0n) is 17.6. The summed E-state index contributed by atoms with van der Waals surface area (Å²) >= 11 is 0. The Balaban J connectivity index is 1.91. The van der Waals surface area contributed by atoms with E-state index in [1.54, 1.807) is 19.2 Å². The van der Waals surface area contributed by atoms with Gasteiger partial charge in [-0.15, -0.1) is 0 Å². The summed E-state index contributed by atoms with van der Waals surface area (Å²) in [5.41, 5.74) is 16.8. The first kappa shape index (κ1) is 20.8. The first-order valence-corrected chi connectivity index (χ1v) is 9.99. The standard InChI is InChI=1S/C23H25N5O3/c1-30-10-9-19-27-20-21(28(19)13-15-5-3-14(12-24)4-6-15)17-8-7-16(23(29)31-2)11-18(17)26-22(20)25/h3-8,11H,9-10,12-13,24H2,1-2H3,(H2,25,26). The number of fused-ring (bicyclic) bond motifs is 3. The summed E-state index contributed by atoms with van der Waals surface area (Å²) < 4.78 is 12.3. The van der Waals surface area contributed by atoms with Crippen LogP contribution in [0.4, 0.5) is 5.82 Å². The van der Waals surface area contributed by atoms with Crippen LogP contribution in [0.15, 0.2) is 42.5 Å². The van der Waals surface area contributed by atoms with Gasteiger partial charge in [-0.3, -0.25) is 0 Å². The van der Waals surface area contributed by atoms with Gasteiger partial charge in [0.15, 0.2) is 5.82 Å². The van der Waals surface area contributed by atoms with Crippen LogP contribution >= 0.6 is 0 Å². The van der Waals surface area contributed by atoms with Crippen LogP contribution in [0.3, 0.4) is 0 Å². The number of nitrogens with two attached hydrogens (primary N) is 2. The number of benzene rings is 2. The quantitative estimate of drug-likeness (QED) is 0.442. The van der Waals surface area contributed by atoms with Crippen molar-refractivity contribution in [2.45, 2.75) is 19.5 Å². The number of anilines is 1. The lowest BCUT2D eigenvalue weighted by molar-refractivity contribution is 0.0601. The molecule has 0 aliphatic heterocycles. The molecule has 0 amide bonds. The van der Waals surface area contributed by atoms with Crippen molar-refractivity contribution in [1.29, 1.82) is 0 Å². The topological polar surface area (TPSA) is 118 Å². The maximum atomic E-state index is 12.0. The fraction of sp³-hybridized carbons (Fsp3) is 0.261. The predicted octanol–water partition coefficient (Wildman–Crippen LogP) is 2.65. The number of pyridine rings is 1. The van der Waals surface area contributed by atoms with Gasteiger partial charge in [-0.1, -0.05) is 24.3 Å². The molecule has 8 nitrogen and oxygen atoms in total. The fourth-order valence-corrected chi connectivity index (χ4v) is 3.72.